The molecule has 0 aliphatic heterocycles. The van der Waals surface area contributed by atoms with Gasteiger partial charge in [-0.25, -0.2) is 4.68 Å². The Kier molecular flexibility index (Phi) is 5.36. The van der Waals surface area contributed by atoms with Crippen LogP contribution >= 0.6 is 15.9 Å². The average molecular weight is 353 g/mol. The lowest BCUT2D eigenvalue weighted by molar-refractivity contribution is 0.410. The van der Waals surface area contributed by atoms with E-state index in [1.807, 2.05) is 14.0 Å². The summed E-state index contributed by atoms with van der Waals surface area (Å²) in [5.74, 6) is 0.891. The molecule has 6 heteroatoms. The molecule has 1 N–H and O–H groups in total. The minimum Gasteiger partial charge on any atom is -0.496 e. The van der Waals surface area contributed by atoms with Crippen LogP contribution in [0.1, 0.15) is 36.2 Å². The molecule has 0 saturated carbocycles. The van der Waals surface area contributed by atoms with Gasteiger partial charge in [0, 0.05) is 7.05 Å². The van der Waals surface area contributed by atoms with Crippen molar-refractivity contribution < 1.29 is 4.74 Å². The van der Waals surface area contributed by atoms with E-state index in [-0.39, 0.29) is 6.04 Å². The fourth-order valence-electron chi connectivity index (χ4n) is 2.32. The second-order valence-electron chi connectivity index (χ2n) is 5.01. The van der Waals surface area contributed by atoms with Crippen molar-refractivity contribution >= 4 is 15.9 Å². The molecule has 1 heterocycles. The van der Waals surface area contributed by atoms with Gasteiger partial charge in [0.1, 0.15) is 5.75 Å². The summed E-state index contributed by atoms with van der Waals surface area (Å²) < 4.78 is 8.00. The quantitative estimate of drug-likeness (QED) is 0.868. The molecule has 0 radical (unpaired) electrons. The number of nitrogens with zero attached hydrogens (tertiary/aromatic N) is 3. The van der Waals surface area contributed by atoms with E-state index in [1.165, 1.54) is 0 Å². The lowest BCUT2D eigenvalue weighted by atomic mass is 10.0. The van der Waals surface area contributed by atoms with Crippen molar-refractivity contribution in [3.63, 3.8) is 0 Å². The molecule has 1 atom stereocenters. The summed E-state index contributed by atoms with van der Waals surface area (Å²) in [4.78, 5) is 0. The van der Waals surface area contributed by atoms with Crippen LogP contribution in [-0.4, -0.2) is 28.6 Å². The van der Waals surface area contributed by atoms with E-state index in [0.717, 1.165) is 40.1 Å². The minimum atomic E-state index is 0.0221. The van der Waals surface area contributed by atoms with Crippen molar-refractivity contribution in [3.05, 3.63) is 39.6 Å². The highest BCUT2D eigenvalue weighted by Gasteiger charge is 2.22. The fraction of sp³-hybridized carbons (Fsp3) is 0.467. The zero-order valence-corrected chi connectivity index (χ0v) is 14.4. The fourth-order valence-corrected chi connectivity index (χ4v) is 2.88. The third-order valence-electron chi connectivity index (χ3n) is 3.46. The number of methoxy groups -OCH3 is 1. The molecular formula is C15H21BrN4O. The predicted octanol–water partition coefficient (Wildman–Crippen LogP) is 2.98. The van der Waals surface area contributed by atoms with Crippen LogP contribution in [0.4, 0.5) is 0 Å². The predicted molar refractivity (Wildman–Crippen MR) is 86.6 cm³/mol. The van der Waals surface area contributed by atoms with Crippen LogP contribution in [0, 0.1) is 6.92 Å². The maximum Gasteiger partial charge on any atom is 0.153 e. The van der Waals surface area contributed by atoms with Gasteiger partial charge in [-0.3, -0.25) is 0 Å². The Morgan fingerprint density at radius 2 is 2.19 bits per heavy atom. The summed E-state index contributed by atoms with van der Waals surface area (Å²) in [6.07, 6.45) is 1.06. The summed E-state index contributed by atoms with van der Waals surface area (Å²) in [5.41, 5.74) is 3.27. The van der Waals surface area contributed by atoms with Gasteiger partial charge in [0.05, 0.1) is 18.8 Å². The highest BCUT2D eigenvalue weighted by molar-refractivity contribution is 9.10. The maximum absolute atomic E-state index is 5.44. The van der Waals surface area contributed by atoms with Crippen LogP contribution in [0.3, 0.4) is 0 Å². The van der Waals surface area contributed by atoms with Gasteiger partial charge in [-0.1, -0.05) is 24.3 Å². The van der Waals surface area contributed by atoms with E-state index in [2.05, 4.69) is 56.7 Å². The first-order valence-corrected chi connectivity index (χ1v) is 7.80. The zero-order chi connectivity index (χ0) is 15.4. The molecule has 2 rings (SSSR count). The highest BCUT2D eigenvalue weighted by atomic mass is 79.9. The van der Waals surface area contributed by atoms with E-state index in [9.17, 15) is 0 Å². The molecule has 1 aromatic carbocycles. The molecule has 1 unspecified atom stereocenters. The third kappa shape index (κ3) is 3.44. The van der Waals surface area contributed by atoms with Crippen molar-refractivity contribution in [3.8, 4) is 5.75 Å². The second-order valence-corrected chi connectivity index (χ2v) is 5.76. The van der Waals surface area contributed by atoms with Gasteiger partial charge >= 0.3 is 0 Å². The van der Waals surface area contributed by atoms with Crippen LogP contribution in [0.25, 0.3) is 0 Å². The maximum atomic E-state index is 5.44. The van der Waals surface area contributed by atoms with Gasteiger partial charge in [0.15, 0.2) is 4.60 Å². The molecule has 0 fully saturated rings. The van der Waals surface area contributed by atoms with Gasteiger partial charge in [-0.05, 0) is 53.0 Å². The summed E-state index contributed by atoms with van der Waals surface area (Å²) in [5, 5.41) is 11.7. The summed E-state index contributed by atoms with van der Waals surface area (Å²) in [6.45, 7) is 5.10. The zero-order valence-electron chi connectivity index (χ0n) is 12.9. The lowest BCUT2D eigenvalue weighted by Gasteiger charge is -2.20. The third-order valence-corrected chi connectivity index (χ3v) is 4.03. The van der Waals surface area contributed by atoms with Crippen molar-refractivity contribution in [1.82, 2.24) is 20.3 Å². The Hall–Kier alpha value is -1.40. The molecule has 0 amide bonds. The summed E-state index contributed by atoms with van der Waals surface area (Å²) in [6, 6.07) is 6.29. The van der Waals surface area contributed by atoms with E-state index in [4.69, 9.17) is 4.74 Å². The Labute approximate surface area is 133 Å². The summed E-state index contributed by atoms with van der Waals surface area (Å²) >= 11 is 3.49. The van der Waals surface area contributed by atoms with Crippen molar-refractivity contribution in [2.75, 3.05) is 13.7 Å². The number of halogens is 1. The number of aryl methyl sites for hydroxylation is 2. The molecule has 0 bridgehead atoms. The van der Waals surface area contributed by atoms with Crippen LogP contribution in [0.15, 0.2) is 22.8 Å². The number of hydrogen-bond donors (Lipinski definition) is 1. The van der Waals surface area contributed by atoms with E-state index >= 15 is 0 Å². The number of benzene rings is 1. The smallest absolute Gasteiger partial charge is 0.153 e. The molecule has 1 aromatic heterocycles. The molecular weight excluding hydrogens is 332 g/mol. The van der Waals surface area contributed by atoms with Gasteiger partial charge in [0.25, 0.3) is 0 Å². The Morgan fingerprint density at radius 3 is 2.76 bits per heavy atom. The number of nitrogens with one attached hydrogen (secondary N) is 1. The molecule has 0 spiro atoms. The van der Waals surface area contributed by atoms with Crippen LogP contribution < -0.4 is 10.1 Å². The van der Waals surface area contributed by atoms with Gasteiger partial charge in [0.2, 0.25) is 0 Å². The number of rotatable bonds is 6. The van der Waals surface area contributed by atoms with Gasteiger partial charge in [-0.15, -0.1) is 5.10 Å². The van der Waals surface area contributed by atoms with Gasteiger partial charge < -0.3 is 10.1 Å². The Balaban J connectivity index is 2.45. The van der Waals surface area contributed by atoms with Crippen molar-refractivity contribution in [1.29, 1.82) is 0 Å². The largest absolute Gasteiger partial charge is 0.496 e. The molecule has 5 nitrogen and oxygen atoms in total. The Bertz CT molecular complexity index is 592. The molecule has 0 saturated heterocycles. The Morgan fingerprint density at radius 1 is 1.43 bits per heavy atom. The standard InChI is InChI=1S/C15H21BrN4O/c1-5-8-17-13(14-15(16)18-19-20(14)3)11-7-6-10(2)12(9-11)21-4/h6-7,9,13,17H,5,8H2,1-4H3. The topological polar surface area (TPSA) is 52.0 Å². The minimum absolute atomic E-state index is 0.0221. The van der Waals surface area contributed by atoms with E-state index < -0.39 is 0 Å². The lowest BCUT2D eigenvalue weighted by Crippen LogP contribution is -2.25. The molecule has 2 aromatic rings. The number of hydrogen-bond acceptors (Lipinski definition) is 4. The van der Waals surface area contributed by atoms with E-state index in [0.29, 0.717) is 0 Å². The second kappa shape index (κ2) is 7.04. The summed E-state index contributed by atoms with van der Waals surface area (Å²) in [7, 11) is 3.60. The van der Waals surface area contributed by atoms with Crippen molar-refractivity contribution in [2.24, 2.45) is 7.05 Å². The first-order valence-electron chi connectivity index (χ1n) is 7.01. The van der Waals surface area contributed by atoms with E-state index in [1.54, 1.807) is 11.8 Å². The molecule has 114 valence electrons. The van der Waals surface area contributed by atoms with Crippen LogP contribution in [0.5, 0.6) is 5.75 Å². The first-order chi connectivity index (χ1) is 10.1. The first kappa shape index (κ1) is 16.0. The molecule has 0 aliphatic rings. The van der Waals surface area contributed by atoms with Crippen molar-refractivity contribution in [2.45, 2.75) is 26.3 Å². The highest BCUT2D eigenvalue weighted by Crippen LogP contribution is 2.30. The van der Waals surface area contributed by atoms with Crippen LogP contribution in [-0.2, 0) is 7.05 Å². The normalized spacial score (nSPS) is 12.4. The number of aromatic nitrogens is 3. The average Bonchev–Trinajstić information content (AvgIpc) is 2.81. The van der Waals surface area contributed by atoms with Crippen LogP contribution in [0.2, 0.25) is 0 Å². The van der Waals surface area contributed by atoms with Gasteiger partial charge in [-0.2, -0.15) is 0 Å². The molecule has 21 heavy (non-hydrogen) atoms. The SMILES string of the molecule is CCCNC(c1ccc(C)c(OC)c1)c1c(Br)nnn1C. The monoisotopic (exact) mass is 352 g/mol. The molecule has 0 aliphatic carbocycles. The number of ether oxygens (including phenoxy) is 1.